The van der Waals surface area contributed by atoms with Crippen molar-refractivity contribution in [3.05, 3.63) is 64.7 Å². The molecule has 8 nitrogen and oxygen atoms in total. The van der Waals surface area contributed by atoms with Gasteiger partial charge in [0.2, 0.25) is 5.95 Å². The maximum atomic E-state index is 13.2. The number of nitrogens with zero attached hydrogens (tertiary/aromatic N) is 4. The molecule has 0 amide bonds. The molecule has 0 radical (unpaired) electrons. The van der Waals surface area contributed by atoms with Gasteiger partial charge in [-0.3, -0.25) is 9.69 Å². The first-order valence-electron chi connectivity index (χ1n) is 11.2. The van der Waals surface area contributed by atoms with Gasteiger partial charge in [-0.2, -0.15) is 4.98 Å². The first kappa shape index (κ1) is 21.9. The third-order valence-electron chi connectivity index (χ3n) is 6.25. The van der Waals surface area contributed by atoms with E-state index in [9.17, 15) is 9.90 Å². The van der Waals surface area contributed by atoms with E-state index >= 15 is 0 Å². The third kappa shape index (κ3) is 4.73. The third-order valence-corrected chi connectivity index (χ3v) is 6.50. The number of furan rings is 1. The van der Waals surface area contributed by atoms with Crippen LogP contribution in [0.25, 0.3) is 0 Å². The van der Waals surface area contributed by atoms with Crippen LogP contribution in [0.5, 0.6) is 0 Å². The zero-order valence-corrected chi connectivity index (χ0v) is 19.0. The molecular formula is C24H26ClN5O3. The number of aromatic nitrogens is 2. The molecule has 3 heterocycles. The number of anilines is 3. The number of Topliss-reactive ketones (excluding diaryl/α,β-unsaturated/α-hetero) is 1. The Morgan fingerprint density at radius 2 is 1.88 bits per heavy atom. The van der Waals surface area contributed by atoms with Crippen LogP contribution in [0.1, 0.15) is 34.2 Å². The molecule has 1 fully saturated rings. The minimum atomic E-state index is -0.0347. The van der Waals surface area contributed by atoms with E-state index in [0.717, 1.165) is 43.3 Å². The zero-order valence-electron chi connectivity index (χ0n) is 18.2. The Balaban J connectivity index is 1.49. The van der Waals surface area contributed by atoms with E-state index in [1.54, 1.807) is 18.4 Å². The molecule has 1 atom stereocenters. The van der Waals surface area contributed by atoms with Crippen LogP contribution >= 0.6 is 11.6 Å². The fourth-order valence-electron chi connectivity index (χ4n) is 4.51. The Morgan fingerprint density at radius 3 is 2.58 bits per heavy atom. The van der Waals surface area contributed by atoms with E-state index in [2.05, 4.69) is 15.1 Å². The molecular weight excluding hydrogens is 442 g/mol. The zero-order chi connectivity index (χ0) is 22.8. The van der Waals surface area contributed by atoms with E-state index in [-0.39, 0.29) is 18.3 Å². The summed E-state index contributed by atoms with van der Waals surface area (Å²) in [7, 11) is 0. The average Bonchev–Trinajstić information content (AvgIpc) is 3.36. The van der Waals surface area contributed by atoms with Crippen LogP contribution in [-0.4, -0.2) is 65.1 Å². The number of hydrogen-bond acceptors (Lipinski definition) is 8. The van der Waals surface area contributed by atoms with Gasteiger partial charge >= 0.3 is 0 Å². The lowest BCUT2D eigenvalue weighted by molar-refractivity contribution is 0.0959. The summed E-state index contributed by atoms with van der Waals surface area (Å²) in [5.74, 6) is 1.92. The van der Waals surface area contributed by atoms with Crippen LogP contribution < -0.4 is 10.2 Å². The lowest BCUT2D eigenvalue weighted by Gasteiger charge is -2.35. The number of aliphatic hydroxyl groups excluding tert-OH is 1. The normalized spacial score (nSPS) is 18.9. The topological polar surface area (TPSA) is 94.7 Å². The maximum absolute atomic E-state index is 13.2. The molecule has 1 aliphatic carbocycles. The Labute approximate surface area is 197 Å². The molecule has 1 aromatic carbocycles. The average molecular weight is 468 g/mol. The number of rotatable bonds is 6. The van der Waals surface area contributed by atoms with Crippen LogP contribution in [0.3, 0.4) is 0 Å². The number of fused-ring (bicyclic) bond motifs is 1. The molecule has 5 rings (SSSR count). The first-order valence-corrected chi connectivity index (χ1v) is 11.6. The molecule has 1 unspecified atom stereocenters. The molecule has 0 bridgehead atoms. The summed E-state index contributed by atoms with van der Waals surface area (Å²) in [5.41, 5.74) is 2.10. The van der Waals surface area contributed by atoms with E-state index in [0.29, 0.717) is 41.7 Å². The lowest BCUT2D eigenvalue weighted by atomic mass is 9.84. The van der Waals surface area contributed by atoms with Crippen LogP contribution in [0.4, 0.5) is 17.5 Å². The molecule has 1 aliphatic heterocycles. The van der Waals surface area contributed by atoms with Gasteiger partial charge in [0.15, 0.2) is 5.78 Å². The number of piperazine rings is 1. The van der Waals surface area contributed by atoms with Crippen molar-refractivity contribution in [1.82, 2.24) is 14.9 Å². The predicted molar refractivity (Wildman–Crippen MR) is 127 cm³/mol. The summed E-state index contributed by atoms with van der Waals surface area (Å²) in [5, 5.41) is 13.2. The van der Waals surface area contributed by atoms with Crippen LogP contribution in [0, 0.1) is 0 Å². The maximum Gasteiger partial charge on any atom is 0.227 e. The Bertz CT molecular complexity index is 1110. The van der Waals surface area contributed by atoms with Crippen molar-refractivity contribution in [2.24, 2.45) is 0 Å². The quantitative estimate of drug-likeness (QED) is 0.569. The molecule has 2 aliphatic rings. The van der Waals surface area contributed by atoms with E-state index < -0.39 is 0 Å². The summed E-state index contributed by atoms with van der Waals surface area (Å²) >= 11 is 6.04. The van der Waals surface area contributed by atoms with Crippen molar-refractivity contribution in [2.75, 3.05) is 49.5 Å². The number of β-amino-alcohol motifs (C(OH)–C–C–N with tert-alkyl or cyclic N) is 1. The minimum absolute atomic E-state index is 0.00780. The van der Waals surface area contributed by atoms with Gasteiger partial charge in [0, 0.05) is 62.2 Å². The van der Waals surface area contributed by atoms with Gasteiger partial charge in [-0.15, -0.1) is 0 Å². The second-order valence-electron chi connectivity index (χ2n) is 8.42. The van der Waals surface area contributed by atoms with Crippen molar-refractivity contribution >= 4 is 34.8 Å². The Hall–Kier alpha value is -2.94. The second-order valence-corrected chi connectivity index (χ2v) is 8.86. The van der Waals surface area contributed by atoms with E-state index in [4.69, 9.17) is 26.0 Å². The fraction of sp³-hybridized carbons (Fsp3) is 0.375. The number of carbonyl (C=O) groups is 1. The number of hydrogen-bond donors (Lipinski definition) is 2. The summed E-state index contributed by atoms with van der Waals surface area (Å²) in [6.45, 7) is 4.00. The van der Waals surface area contributed by atoms with Crippen molar-refractivity contribution < 1.29 is 14.3 Å². The van der Waals surface area contributed by atoms with E-state index in [1.807, 2.05) is 24.3 Å². The number of nitrogens with one attached hydrogen (secondary N) is 1. The number of carbonyl (C=O) groups excluding carboxylic acids is 1. The minimum Gasteiger partial charge on any atom is -0.469 e. The summed E-state index contributed by atoms with van der Waals surface area (Å²) < 4.78 is 5.59. The number of aliphatic hydroxyl groups is 1. The Morgan fingerprint density at radius 1 is 1.09 bits per heavy atom. The van der Waals surface area contributed by atoms with Crippen LogP contribution in [0.15, 0.2) is 47.1 Å². The monoisotopic (exact) mass is 467 g/mol. The molecule has 33 heavy (non-hydrogen) atoms. The number of ketones is 1. The van der Waals surface area contributed by atoms with Crippen LogP contribution in [-0.2, 0) is 6.42 Å². The predicted octanol–water partition coefficient (Wildman–Crippen LogP) is 3.49. The highest BCUT2D eigenvalue weighted by atomic mass is 35.5. The molecule has 0 spiro atoms. The van der Waals surface area contributed by atoms with Gasteiger partial charge in [0.1, 0.15) is 11.6 Å². The SMILES string of the molecule is O=C1CC(c2ccco2)Cc2nc(N3CCN(CCO)CC3)nc(Nc3ccc(Cl)cc3)c21. The highest BCUT2D eigenvalue weighted by Gasteiger charge is 2.33. The number of halogens is 1. The highest BCUT2D eigenvalue weighted by molar-refractivity contribution is 6.30. The van der Waals surface area contributed by atoms with Crippen LogP contribution in [0.2, 0.25) is 5.02 Å². The summed E-state index contributed by atoms with van der Waals surface area (Å²) in [6.07, 6.45) is 2.61. The van der Waals surface area contributed by atoms with Crippen molar-refractivity contribution in [1.29, 1.82) is 0 Å². The summed E-state index contributed by atoms with van der Waals surface area (Å²) in [4.78, 5) is 27.2. The molecule has 0 saturated carbocycles. The molecule has 172 valence electrons. The second kappa shape index (κ2) is 9.51. The van der Waals surface area contributed by atoms with Gasteiger partial charge in [-0.1, -0.05) is 11.6 Å². The molecule has 3 aromatic rings. The fourth-order valence-corrected chi connectivity index (χ4v) is 4.63. The van der Waals surface area contributed by atoms with Crippen molar-refractivity contribution in [3.8, 4) is 0 Å². The lowest BCUT2D eigenvalue weighted by Crippen LogP contribution is -2.48. The standard InChI is InChI=1S/C24H26ClN5O3/c25-17-3-5-18(6-4-17)26-23-22-19(14-16(15-20(22)32)21-2-1-13-33-21)27-24(28-23)30-9-7-29(8-10-30)11-12-31/h1-6,13,16,31H,7-12,14-15H2,(H,26,27,28). The number of benzene rings is 1. The van der Waals surface area contributed by atoms with E-state index in [1.165, 1.54) is 0 Å². The van der Waals surface area contributed by atoms with Gasteiger partial charge < -0.3 is 19.7 Å². The largest absolute Gasteiger partial charge is 0.469 e. The van der Waals surface area contributed by atoms with Gasteiger partial charge in [0.05, 0.1) is 24.1 Å². The Kier molecular flexibility index (Phi) is 6.30. The molecule has 2 N–H and O–H groups in total. The van der Waals surface area contributed by atoms with Gasteiger partial charge in [0.25, 0.3) is 0 Å². The van der Waals surface area contributed by atoms with Gasteiger partial charge in [-0.25, -0.2) is 4.98 Å². The highest BCUT2D eigenvalue weighted by Crippen LogP contribution is 2.36. The van der Waals surface area contributed by atoms with Crippen molar-refractivity contribution in [3.63, 3.8) is 0 Å². The molecule has 9 heteroatoms. The molecule has 2 aromatic heterocycles. The van der Waals surface area contributed by atoms with Crippen molar-refractivity contribution in [2.45, 2.75) is 18.8 Å². The summed E-state index contributed by atoms with van der Waals surface area (Å²) in [6, 6.07) is 11.1. The molecule has 1 saturated heterocycles. The van der Waals surface area contributed by atoms with Gasteiger partial charge in [-0.05, 0) is 36.4 Å². The smallest absolute Gasteiger partial charge is 0.227 e. The first-order chi connectivity index (χ1) is 16.1.